The molecule has 1 unspecified atom stereocenters. The highest BCUT2D eigenvalue weighted by atomic mass is 32.2. The fourth-order valence-electron chi connectivity index (χ4n) is 4.23. The van der Waals surface area contributed by atoms with Gasteiger partial charge in [0.2, 0.25) is 0 Å². The maximum Gasteiger partial charge on any atom is 0.317 e. The molecule has 0 radical (unpaired) electrons. The molecule has 3 rings (SSSR count). The van der Waals surface area contributed by atoms with Crippen molar-refractivity contribution in [3.05, 3.63) is 34.9 Å². The summed E-state index contributed by atoms with van der Waals surface area (Å²) in [4.78, 5) is 14.3. The topological polar surface area (TPSA) is 66.5 Å². The van der Waals surface area contributed by atoms with E-state index >= 15 is 0 Å². The van der Waals surface area contributed by atoms with Crippen molar-refractivity contribution in [2.75, 3.05) is 31.1 Å². The third-order valence-corrected chi connectivity index (χ3v) is 7.99. The van der Waals surface area contributed by atoms with E-state index in [1.54, 1.807) is 0 Å². The molecule has 2 fully saturated rings. The standard InChI is InChI=1S/C21H32N2O3S/c1-16-5-6-19(12-17(16)2)13-18-7-9-23(10-8-18)21(24)22-14-20-4-3-11-27(25,26)15-20/h5-6,12,18,20H,3-4,7-11,13-15H2,1-2H3,(H,22,24). The first-order valence-electron chi connectivity index (χ1n) is 10.1. The van der Waals surface area contributed by atoms with Gasteiger partial charge in [-0.15, -0.1) is 0 Å². The summed E-state index contributed by atoms with van der Waals surface area (Å²) in [6, 6.07) is 6.66. The van der Waals surface area contributed by atoms with Crippen molar-refractivity contribution in [2.45, 2.75) is 46.0 Å². The molecule has 2 aliphatic heterocycles. The Hall–Kier alpha value is -1.56. The molecule has 27 heavy (non-hydrogen) atoms. The predicted octanol–water partition coefficient (Wildman–Crippen LogP) is 3.09. The van der Waals surface area contributed by atoms with Crippen molar-refractivity contribution in [1.29, 1.82) is 0 Å². The van der Waals surface area contributed by atoms with Crippen molar-refractivity contribution in [1.82, 2.24) is 10.2 Å². The number of carbonyl (C=O) groups excluding carboxylic acids is 1. The second-order valence-corrected chi connectivity index (χ2v) is 10.6. The Balaban J connectivity index is 1.41. The molecule has 1 N–H and O–H groups in total. The van der Waals surface area contributed by atoms with Crippen molar-refractivity contribution in [2.24, 2.45) is 11.8 Å². The molecule has 2 saturated heterocycles. The number of urea groups is 1. The lowest BCUT2D eigenvalue weighted by molar-refractivity contribution is 0.169. The molecule has 0 spiro atoms. The molecule has 5 nitrogen and oxygen atoms in total. The highest BCUT2D eigenvalue weighted by molar-refractivity contribution is 7.91. The number of nitrogens with zero attached hydrogens (tertiary/aromatic N) is 1. The molecular weight excluding hydrogens is 360 g/mol. The van der Waals surface area contributed by atoms with E-state index < -0.39 is 9.84 Å². The average Bonchev–Trinajstić information content (AvgIpc) is 2.63. The lowest BCUT2D eigenvalue weighted by Gasteiger charge is -2.33. The summed E-state index contributed by atoms with van der Waals surface area (Å²) < 4.78 is 23.4. The Bertz CT molecular complexity index is 768. The van der Waals surface area contributed by atoms with Crippen LogP contribution in [0.3, 0.4) is 0 Å². The molecule has 1 atom stereocenters. The molecule has 150 valence electrons. The molecule has 0 aromatic heterocycles. The van der Waals surface area contributed by atoms with Gasteiger partial charge in [0.05, 0.1) is 11.5 Å². The van der Waals surface area contributed by atoms with E-state index in [1.165, 1.54) is 16.7 Å². The molecule has 1 aromatic rings. The molecule has 0 aliphatic carbocycles. The first kappa shape index (κ1) is 20.2. The maximum absolute atomic E-state index is 12.4. The predicted molar refractivity (Wildman–Crippen MR) is 109 cm³/mol. The Morgan fingerprint density at radius 3 is 2.52 bits per heavy atom. The van der Waals surface area contributed by atoms with Gasteiger partial charge in [0.25, 0.3) is 0 Å². The summed E-state index contributed by atoms with van der Waals surface area (Å²) in [6.45, 7) is 6.33. The van der Waals surface area contributed by atoms with Gasteiger partial charge in [-0.2, -0.15) is 0 Å². The minimum Gasteiger partial charge on any atom is -0.338 e. The zero-order chi connectivity index (χ0) is 19.4. The third-order valence-electron chi connectivity index (χ3n) is 6.10. The number of likely N-dealkylation sites (tertiary alicyclic amines) is 1. The van der Waals surface area contributed by atoms with E-state index in [9.17, 15) is 13.2 Å². The third kappa shape index (κ3) is 5.71. The van der Waals surface area contributed by atoms with Gasteiger partial charge in [-0.25, -0.2) is 13.2 Å². The Labute approximate surface area is 163 Å². The number of aryl methyl sites for hydroxylation is 2. The second-order valence-electron chi connectivity index (χ2n) is 8.36. The van der Waals surface area contributed by atoms with Crippen molar-refractivity contribution < 1.29 is 13.2 Å². The van der Waals surface area contributed by atoms with Gasteiger partial charge in [0, 0.05) is 19.6 Å². The van der Waals surface area contributed by atoms with Crippen LogP contribution in [-0.2, 0) is 16.3 Å². The zero-order valence-corrected chi connectivity index (χ0v) is 17.4. The number of benzene rings is 1. The van der Waals surface area contributed by atoms with Crippen LogP contribution in [0.1, 0.15) is 42.4 Å². The fourth-order valence-corrected chi connectivity index (χ4v) is 6.00. The van der Waals surface area contributed by atoms with E-state index in [-0.39, 0.29) is 17.7 Å². The summed E-state index contributed by atoms with van der Waals surface area (Å²) >= 11 is 0. The molecular formula is C21H32N2O3S. The molecule has 2 heterocycles. The number of rotatable bonds is 4. The number of nitrogens with one attached hydrogen (secondary N) is 1. The minimum absolute atomic E-state index is 0.0393. The van der Waals surface area contributed by atoms with Crippen LogP contribution in [0.5, 0.6) is 0 Å². The molecule has 2 amide bonds. The summed E-state index contributed by atoms with van der Waals surface area (Å²) in [5.74, 6) is 1.20. The van der Waals surface area contributed by atoms with Crippen LogP contribution in [0.2, 0.25) is 0 Å². The summed E-state index contributed by atoms with van der Waals surface area (Å²) in [6.07, 6.45) is 4.73. The number of amides is 2. The number of carbonyl (C=O) groups is 1. The van der Waals surface area contributed by atoms with Crippen LogP contribution in [0, 0.1) is 25.7 Å². The van der Waals surface area contributed by atoms with Crippen LogP contribution in [-0.4, -0.2) is 50.5 Å². The quantitative estimate of drug-likeness (QED) is 0.856. The van der Waals surface area contributed by atoms with Crippen molar-refractivity contribution in [3.8, 4) is 0 Å². The van der Waals surface area contributed by atoms with Gasteiger partial charge in [0.15, 0.2) is 9.84 Å². The van der Waals surface area contributed by atoms with Crippen LogP contribution in [0.15, 0.2) is 18.2 Å². The molecule has 0 saturated carbocycles. The minimum atomic E-state index is -2.91. The maximum atomic E-state index is 12.4. The second kappa shape index (κ2) is 8.63. The van der Waals surface area contributed by atoms with Gasteiger partial charge in [-0.1, -0.05) is 18.2 Å². The van der Waals surface area contributed by atoms with E-state index in [1.807, 2.05) is 4.90 Å². The number of sulfone groups is 1. The lowest BCUT2D eigenvalue weighted by Crippen LogP contribution is -2.46. The Morgan fingerprint density at radius 1 is 1.11 bits per heavy atom. The fraction of sp³-hybridized carbons (Fsp3) is 0.667. The largest absolute Gasteiger partial charge is 0.338 e. The highest BCUT2D eigenvalue weighted by Crippen LogP contribution is 2.23. The molecule has 2 aliphatic rings. The number of piperidine rings is 1. The molecule has 1 aromatic carbocycles. The summed E-state index contributed by atoms with van der Waals surface area (Å²) in [5, 5.41) is 2.96. The van der Waals surface area contributed by atoms with Crippen LogP contribution in [0.25, 0.3) is 0 Å². The average molecular weight is 393 g/mol. The first-order valence-corrected chi connectivity index (χ1v) is 11.9. The van der Waals surface area contributed by atoms with E-state index in [4.69, 9.17) is 0 Å². The van der Waals surface area contributed by atoms with Crippen LogP contribution < -0.4 is 5.32 Å². The molecule has 0 bridgehead atoms. The van der Waals surface area contributed by atoms with Gasteiger partial charge in [-0.05, 0) is 74.5 Å². The molecule has 6 heteroatoms. The van der Waals surface area contributed by atoms with Crippen molar-refractivity contribution >= 4 is 15.9 Å². The zero-order valence-electron chi connectivity index (χ0n) is 16.5. The Kier molecular flexibility index (Phi) is 6.45. The van der Waals surface area contributed by atoms with E-state index in [0.29, 0.717) is 24.6 Å². The monoisotopic (exact) mass is 392 g/mol. The van der Waals surface area contributed by atoms with Gasteiger partial charge < -0.3 is 10.2 Å². The lowest BCUT2D eigenvalue weighted by atomic mass is 9.89. The number of hydrogen-bond donors (Lipinski definition) is 1. The van der Waals surface area contributed by atoms with Gasteiger partial charge >= 0.3 is 6.03 Å². The van der Waals surface area contributed by atoms with Crippen LogP contribution >= 0.6 is 0 Å². The normalized spacial score (nSPS) is 23.2. The van der Waals surface area contributed by atoms with E-state index in [0.717, 1.165) is 38.8 Å². The Morgan fingerprint density at radius 2 is 1.85 bits per heavy atom. The number of hydrogen-bond acceptors (Lipinski definition) is 3. The summed E-state index contributed by atoms with van der Waals surface area (Å²) in [7, 11) is -2.91. The SMILES string of the molecule is Cc1ccc(CC2CCN(C(=O)NCC3CCCS(=O)(=O)C3)CC2)cc1C. The van der Waals surface area contributed by atoms with Crippen LogP contribution in [0.4, 0.5) is 4.79 Å². The summed E-state index contributed by atoms with van der Waals surface area (Å²) in [5.41, 5.74) is 4.06. The van der Waals surface area contributed by atoms with Gasteiger partial charge in [0.1, 0.15) is 0 Å². The van der Waals surface area contributed by atoms with E-state index in [2.05, 4.69) is 37.4 Å². The first-order chi connectivity index (χ1) is 12.8. The smallest absolute Gasteiger partial charge is 0.317 e. The van der Waals surface area contributed by atoms with Gasteiger partial charge in [-0.3, -0.25) is 0 Å². The highest BCUT2D eigenvalue weighted by Gasteiger charge is 2.27. The van der Waals surface area contributed by atoms with Crippen molar-refractivity contribution in [3.63, 3.8) is 0 Å².